The number of rotatable bonds is 8. The Labute approximate surface area is 204 Å². The average molecular weight is 501 g/mol. The smallest absolute Gasteiger partial charge is 0.423 e. The minimum absolute atomic E-state index is 0.0573. The highest BCUT2D eigenvalue weighted by Crippen LogP contribution is 2.35. The van der Waals surface area contributed by atoms with Crippen LogP contribution in [-0.4, -0.2) is 35.1 Å². The van der Waals surface area contributed by atoms with Gasteiger partial charge in [0.2, 0.25) is 17.7 Å². The van der Waals surface area contributed by atoms with Crippen LogP contribution in [0.5, 0.6) is 5.88 Å². The fourth-order valence-corrected chi connectivity index (χ4v) is 3.40. The van der Waals surface area contributed by atoms with Gasteiger partial charge in [-0.1, -0.05) is 30.3 Å². The van der Waals surface area contributed by atoms with E-state index in [9.17, 15) is 22.8 Å². The molecule has 0 spiro atoms. The molecule has 0 radical (unpaired) electrons. The van der Waals surface area contributed by atoms with Crippen LogP contribution < -0.4 is 20.7 Å². The monoisotopic (exact) mass is 501 g/mol. The molecule has 9 nitrogen and oxygen atoms in total. The van der Waals surface area contributed by atoms with Gasteiger partial charge in [-0.05, 0) is 35.7 Å². The van der Waals surface area contributed by atoms with Crippen molar-refractivity contribution in [3.63, 3.8) is 0 Å². The zero-order chi connectivity index (χ0) is 25.5. The normalized spacial score (nSPS) is 12.8. The van der Waals surface area contributed by atoms with Gasteiger partial charge in [0.15, 0.2) is 0 Å². The molecule has 0 unspecified atom stereocenters. The van der Waals surface area contributed by atoms with E-state index in [1.165, 1.54) is 0 Å². The van der Waals surface area contributed by atoms with Crippen molar-refractivity contribution >= 4 is 29.3 Å². The number of benzene rings is 2. The summed E-state index contributed by atoms with van der Waals surface area (Å²) in [4.78, 5) is 30.9. The lowest BCUT2D eigenvalue weighted by Crippen LogP contribution is -2.29. The number of aromatic nitrogens is 2. The van der Waals surface area contributed by atoms with Crippen LogP contribution in [0, 0.1) is 0 Å². The lowest BCUT2D eigenvalue weighted by Gasteiger charge is -2.18. The molecule has 3 N–H and O–H groups in total. The highest BCUT2D eigenvalue weighted by Gasteiger charge is 2.36. The molecule has 36 heavy (non-hydrogen) atoms. The van der Waals surface area contributed by atoms with Gasteiger partial charge in [0.25, 0.3) is 0 Å². The Hall–Kier alpha value is -4.35. The molecule has 1 aliphatic heterocycles. The molecule has 0 atom stereocenters. The zero-order valence-corrected chi connectivity index (χ0v) is 18.9. The summed E-state index contributed by atoms with van der Waals surface area (Å²) in [5, 5.41) is 8.02. The van der Waals surface area contributed by atoms with Crippen molar-refractivity contribution in [1.82, 2.24) is 15.3 Å². The largest absolute Gasteiger partial charge is 0.475 e. The topological polar surface area (TPSA) is 114 Å². The number of alkyl halides is 3. The maximum atomic E-state index is 13.4. The Morgan fingerprint density at radius 2 is 1.92 bits per heavy atom. The van der Waals surface area contributed by atoms with E-state index >= 15 is 0 Å². The van der Waals surface area contributed by atoms with Crippen molar-refractivity contribution in [1.29, 1.82) is 0 Å². The number of fused-ring (bicyclic) bond motifs is 1. The Kier molecular flexibility index (Phi) is 7.52. The minimum atomic E-state index is -4.74. The first kappa shape index (κ1) is 24.8. The Balaban J connectivity index is 1.36. The summed E-state index contributed by atoms with van der Waals surface area (Å²) in [6, 6.07) is 14.1. The van der Waals surface area contributed by atoms with Crippen molar-refractivity contribution in [3.8, 4) is 5.88 Å². The maximum absolute atomic E-state index is 13.4. The molecule has 188 valence electrons. The summed E-state index contributed by atoms with van der Waals surface area (Å²) in [6.45, 7) is -0.325. The standard InChI is InChI=1S/C24H22F3N5O4/c25-24(26,27)18-13-29-22(30-17-7-8-19-16(12-17)6-9-20(33)31-19)32-21(18)35-11-10-28-23(34)36-14-15-4-2-1-3-5-15/h1-5,7-8,12-13H,6,9-11,14H2,(H,28,34)(H,31,33)(H,29,30,32). The van der Waals surface area contributed by atoms with Crippen LogP contribution in [0.4, 0.5) is 35.3 Å². The Morgan fingerprint density at radius 3 is 2.69 bits per heavy atom. The maximum Gasteiger partial charge on any atom is 0.423 e. The zero-order valence-electron chi connectivity index (χ0n) is 18.9. The summed E-state index contributed by atoms with van der Waals surface area (Å²) in [6.07, 6.45) is -3.95. The Morgan fingerprint density at radius 1 is 1.11 bits per heavy atom. The molecular weight excluding hydrogens is 479 g/mol. The van der Waals surface area contributed by atoms with Crippen LogP contribution in [0.1, 0.15) is 23.1 Å². The van der Waals surface area contributed by atoms with Crippen LogP contribution in [0.25, 0.3) is 0 Å². The van der Waals surface area contributed by atoms with E-state index in [1.807, 2.05) is 6.07 Å². The highest BCUT2D eigenvalue weighted by atomic mass is 19.4. The van der Waals surface area contributed by atoms with Crippen molar-refractivity contribution in [2.45, 2.75) is 25.6 Å². The van der Waals surface area contributed by atoms with Gasteiger partial charge in [-0.15, -0.1) is 0 Å². The second-order valence-corrected chi connectivity index (χ2v) is 7.79. The van der Waals surface area contributed by atoms with Gasteiger partial charge in [0.1, 0.15) is 18.8 Å². The number of nitrogens with one attached hydrogen (secondary N) is 3. The number of ether oxygens (including phenoxy) is 2. The summed E-state index contributed by atoms with van der Waals surface area (Å²) in [5.41, 5.74) is 1.76. The van der Waals surface area contributed by atoms with Crippen LogP contribution in [0.15, 0.2) is 54.7 Å². The molecule has 0 saturated carbocycles. The molecule has 1 aliphatic rings. The number of nitrogens with zero attached hydrogens (tertiary/aromatic N) is 2. The highest BCUT2D eigenvalue weighted by molar-refractivity contribution is 5.94. The van der Waals surface area contributed by atoms with Crippen LogP contribution >= 0.6 is 0 Å². The molecule has 2 aromatic carbocycles. The third-order valence-corrected chi connectivity index (χ3v) is 5.14. The third kappa shape index (κ3) is 6.62. The van der Waals surface area contributed by atoms with Gasteiger partial charge in [-0.3, -0.25) is 4.79 Å². The molecule has 3 aromatic rings. The lowest BCUT2D eigenvalue weighted by atomic mass is 10.0. The fraction of sp³-hybridized carbons (Fsp3) is 0.250. The van der Waals surface area contributed by atoms with Gasteiger partial charge < -0.3 is 25.4 Å². The molecular formula is C24H22F3N5O4. The summed E-state index contributed by atoms with van der Waals surface area (Å²) < 4.78 is 50.5. The van der Waals surface area contributed by atoms with Crippen molar-refractivity contribution < 1.29 is 32.2 Å². The quantitative estimate of drug-likeness (QED) is 0.391. The van der Waals surface area contributed by atoms with Crippen LogP contribution in [0.2, 0.25) is 0 Å². The second-order valence-electron chi connectivity index (χ2n) is 7.79. The van der Waals surface area contributed by atoms with E-state index in [1.54, 1.807) is 42.5 Å². The number of alkyl carbamates (subject to hydrolysis) is 1. The van der Waals surface area contributed by atoms with E-state index in [0.717, 1.165) is 11.1 Å². The number of halogens is 3. The number of amides is 2. The Bertz CT molecular complexity index is 1240. The third-order valence-electron chi connectivity index (χ3n) is 5.14. The molecule has 0 fully saturated rings. The van der Waals surface area contributed by atoms with E-state index in [4.69, 9.17) is 9.47 Å². The molecule has 4 rings (SSSR count). The van der Waals surface area contributed by atoms with Gasteiger partial charge in [-0.25, -0.2) is 9.78 Å². The summed E-state index contributed by atoms with van der Waals surface area (Å²) in [5.74, 6) is -0.854. The first-order valence-corrected chi connectivity index (χ1v) is 11.0. The van der Waals surface area contributed by atoms with Gasteiger partial charge in [0.05, 0.1) is 6.54 Å². The molecule has 2 amide bonds. The SMILES string of the molecule is O=C1CCc2cc(Nc3ncc(C(F)(F)F)c(OCCNC(=O)OCc4ccccc4)n3)ccc2N1. The van der Waals surface area contributed by atoms with E-state index in [-0.39, 0.29) is 31.6 Å². The first-order chi connectivity index (χ1) is 17.3. The number of carbonyl (C=O) groups is 2. The number of hydrogen-bond acceptors (Lipinski definition) is 7. The molecule has 0 aliphatic carbocycles. The number of hydrogen-bond donors (Lipinski definition) is 3. The van der Waals surface area contributed by atoms with E-state index in [0.29, 0.717) is 30.4 Å². The van der Waals surface area contributed by atoms with E-state index in [2.05, 4.69) is 25.9 Å². The number of anilines is 3. The van der Waals surface area contributed by atoms with Gasteiger partial charge in [-0.2, -0.15) is 18.2 Å². The van der Waals surface area contributed by atoms with Gasteiger partial charge in [0, 0.05) is 24.0 Å². The lowest BCUT2D eigenvalue weighted by molar-refractivity contribution is -0.139. The summed E-state index contributed by atoms with van der Waals surface area (Å²) >= 11 is 0. The molecule has 0 saturated heterocycles. The van der Waals surface area contributed by atoms with Crippen molar-refractivity contribution in [2.24, 2.45) is 0 Å². The predicted octanol–water partition coefficient (Wildman–Crippen LogP) is 4.43. The van der Waals surface area contributed by atoms with Crippen LogP contribution in [-0.2, 0) is 28.7 Å². The first-order valence-electron chi connectivity index (χ1n) is 11.0. The molecule has 2 heterocycles. The molecule has 0 bridgehead atoms. The summed E-state index contributed by atoms with van der Waals surface area (Å²) in [7, 11) is 0. The molecule has 12 heteroatoms. The number of aryl methyl sites for hydroxylation is 1. The average Bonchev–Trinajstić information content (AvgIpc) is 2.85. The van der Waals surface area contributed by atoms with Crippen LogP contribution in [0.3, 0.4) is 0 Å². The predicted molar refractivity (Wildman–Crippen MR) is 124 cm³/mol. The van der Waals surface area contributed by atoms with Crippen molar-refractivity contribution in [2.75, 3.05) is 23.8 Å². The molecule has 1 aromatic heterocycles. The van der Waals surface area contributed by atoms with Gasteiger partial charge >= 0.3 is 12.3 Å². The fourth-order valence-electron chi connectivity index (χ4n) is 3.40. The minimum Gasteiger partial charge on any atom is -0.475 e. The second kappa shape index (κ2) is 10.9. The van der Waals surface area contributed by atoms with E-state index < -0.39 is 23.7 Å². The number of carbonyl (C=O) groups excluding carboxylic acids is 2. The van der Waals surface area contributed by atoms with Crippen molar-refractivity contribution in [3.05, 3.63) is 71.4 Å².